The molecule has 1 N–H and O–H groups in total. The zero-order chi connectivity index (χ0) is 33.7. The number of carboxylic acid groups (broad SMARTS) is 1. The van der Waals surface area contributed by atoms with Crippen LogP contribution in [0.3, 0.4) is 0 Å². The molecule has 242 valence electrons. The minimum atomic E-state index is -2.59. The van der Waals surface area contributed by atoms with Crippen LogP contribution in [0.2, 0.25) is 5.02 Å². The summed E-state index contributed by atoms with van der Waals surface area (Å²) in [6.07, 6.45) is 2.77. The Bertz CT molecular complexity index is 2290. The number of rotatable bonds is 5. The maximum atomic E-state index is 13.9. The van der Waals surface area contributed by atoms with Gasteiger partial charge in [0.1, 0.15) is 23.3 Å². The van der Waals surface area contributed by atoms with Gasteiger partial charge in [-0.1, -0.05) is 23.4 Å². The zero-order valence-electron chi connectivity index (χ0n) is 25.5. The van der Waals surface area contributed by atoms with E-state index in [0.29, 0.717) is 69.7 Å². The predicted octanol–water partition coefficient (Wildman–Crippen LogP) is 5.57. The van der Waals surface area contributed by atoms with E-state index in [2.05, 4.69) is 37.8 Å². The van der Waals surface area contributed by atoms with Crippen LogP contribution in [0.25, 0.3) is 32.2 Å². The van der Waals surface area contributed by atoms with Gasteiger partial charge in [-0.2, -0.15) is 5.26 Å². The lowest BCUT2D eigenvalue weighted by Crippen LogP contribution is -2.57. The van der Waals surface area contributed by atoms with E-state index in [1.165, 1.54) is 22.1 Å². The predicted molar refractivity (Wildman–Crippen MR) is 179 cm³/mol. The number of thiophene rings is 1. The van der Waals surface area contributed by atoms with Crippen LogP contribution in [0.4, 0.5) is 14.6 Å². The molecular weight excluding hydrogens is 660 g/mol. The largest absolute Gasteiger partial charge is 0.478 e. The molecule has 0 bridgehead atoms. The van der Waals surface area contributed by atoms with Crippen molar-refractivity contribution in [2.75, 3.05) is 31.1 Å². The van der Waals surface area contributed by atoms with E-state index in [4.69, 9.17) is 11.6 Å². The van der Waals surface area contributed by atoms with Crippen molar-refractivity contribution in [3.8, 4) is 29.0 Å². The Morgan fingerprint density at radius 2 is 1.94 bits per heavy atom. The molecular formula is C34H26ClF2N7O3S. The van der Waals surface area contributed by atoms with Crippen LogP contribution in [-0.2, 0) is 6.54 Å². The number of aromatic carboxylic acids is 1. The number of aryl methyl sites for hydroxylation is 1. The number of piperazine rings is 1. The molecule has 48 heavy (non-hydrogen) atoms. The van der Waals surface area contributed by atoms with Crippen LogP contribution in [0.15, 0.2) is 46.8 Å². The molecule has 0 spiro atoms. The topological polar surface area (TPSA) is 128 Å². The Hall–Kier alpha value is -4.95. The second kappa shape index (κ2) is 12.3. The molecule has 7 rings (SSSR count). The first-order chi connectivity index (χ1) is 23.0. The molecule has 0 unspecified atom stereocenters. The molecule has 0 amide bonds. The lowest BCUT2D eigenvalue weighted by atomic mass is 9.86. The second-order valence-electron chi connectivity index (χ2n) is 11.8. The van der Waals surface area contributed by atoms with Crippen molar-refractivity contribution in [2.45, 2.75) is 38.3 Å². The molecule has 4 aromatic heterocycles. The van der Waals surface area contributed by atoms with Crippen molar-refractivity contribution in [1.82, 2.24) is 24.4 Å². The first kappa shape index (κ1) is 31.6. The lowest BCUT2D eigenvalue weighted by Gasteiger charge is -2.46. The maximum Gasteiger partial charge on any atom is 0.338 e. The number of nitrogens with zero attached hydrogens (tertiary/aromatic N) is 7. The third-order valence-corrected chi connectivity index (χ3v) is 10.1. The number of pyridine rings is 2. The highest BCUT2D eigenvalue weighted by atomic mass is 35.5. The molecule has 0 atom stereocenters. The van der Waals surface area contributed by atoms with Crippen molar-refractivity contribution in [2.24, 2.45) is 0 Å². The number of alkyl halides is 2. The van der Waals surface area contributed by atoms with Gasteiger partial charge in [0.05, 0.1) is 39.4 Å². The Kier molecular flexibility index (Phi) is 8.08. The molecule has 1 saturated heterocycles. The molecule has 1 aliphatic heterocycles. The van der Waals surface area contributed by atoms with Gasteiger partial charge in [-0.25, -0.2) is 23.5 Å². The zero-order valence-corrected chi connectivity index (χ0v) is 27.1. The summed E-state index contributed by atoms with van der Waals surface area (Å²) in [6.45, 7) is 3.76. The summed E-state index contributed by atoms with van der Waals surface area (Å²) >= 11 is 7.64. The van der Waals surface area contributed by atoms with Crippen molar-refractivity contribution in [3.05, 3.63) is 79.9 Å². The number of halogens is 3. The van der Waals surface area contributed by atoms with Crippen LogP contribution in [0.5, 0.6) is 0 Å². The Labute approximate surface area is 281 Å². The molecule has 0 radical (unpaired) electrons. The number of fused-ring (bicyclic) bond motifs is 2. The van der Waals surface area contributed by atoms with Crippen LogP contribution < -0.4 is 10.5 Å². The van der Waals surface area contributed by atoms with Crippen molar-refractivity contribution in [3.63, 3.8) is 0 Å². The summed E-state index contributed by atoms with van der Waals surface area (Å²) in [4.78, 5) is 42.9. The van der Waals surface area contributed by atoms with Crippen molar-refractivity contribution < 1.29 is 18.7 Å². The van der Waals surface area contributed by atoms with Crippen LogP contribution in [-0.4, -0.2) is 73.6 Å². The van der Waals surface area contributed by atoms with E-state index >= 15 is 0 Å². The first-order valence-corrected chi connectivity index (χ1v) is 16.4. The molecule has 2 fully saturated rings. The Balaban J connectivity index is 1.20. The minimum absolute atomic E-state index is 0.0170. The number of aromatic nitrogens is 4. The normalized spacial score (nSPS) is 16.4. The molecule has 2 aliphatic rings. The SMILES string of the molecule is Cc1nc2cnc(N3CCN(C4CC(F)(F)C4)CC3)c(C#N)c2c(=O)n1CC#Cc1ccc(Cl)cc1-c1ccnc2c(C(=O)O)csc12. The third-order valence-electron chi connectivity index (χ3n) is 8.90. The average molecular weight is 686 g/mol. The van der Waals surface area contributed by atoms with Gasteiger partial charge < -0.3 is 10.0 Å². The van der Waals surface area contributed by atoms with Crippen molar-refractivity contribution in [1.29, 1.82) is 5.26 Å². The fourth-order valence-electron chi connectivity index (χ4n) is 6.39. The third kappa shape index (κ3) is 5.64. The van der Waals surface area contributed by atoms with E-state index in [-0.39, 0.29) is 41.9 Å². The van der Waals surface area contributed by atoms with Gasteiger partial charge in [0.15, 0.2) is 0 Å². The molecule has 10 nitrogen and oxygen atoms in total. The number of carboxylic acids is 1. The summed E-state index contributed by atoms with van der Waals surface area (Å²) < 4.78 is 28.9. The van der Waals surface area contributed by atoms with E-state index in [9.17, 15) is 28.7 Å². The van der Waals surface area contributed by atoms with Gasteiger partial charge in [0, 0.05) is 78.4 Å². The summed E-state index contributed by atoms with van der Waals surface area (Å²) in [7, 11) is 0. The molecule has 1 aliphatic carbocycles. The number of carbonyl (C=O) groups is 1. The van der Waals surface area contributed by atoms with Crippen LogP contribution >= 0.6 is 22.9 Å². The van der Waals surface area contributed by atoms with E-state index in [0.717, 1.165) is 5.56 Å². The van der Waals surface area contributed by atoms with Gasteiger partial charge in [0.2, 0.25) is 0 Å². The first-order valence-electron chi connectivity index (χ1n) is 15.1. The quantitative estimate of drug-likeness (QED) is 0.236. The van der Waals surface area contributed by atoms with E-state index in [1.54, 1.807) is 42.8 Å². The highest BCUT2D eigenvalue weighted by molar-refractivity contribution is 7.18. The minimum Gasteiger partial charge on any atom is -0.478 e. The highest BCUT2D eigenvalue weighted by Crippen LogP contribution is 2.41. The highest BCUT2D eigenvalue weighted by Gasteiger charge is 2.48. The van der Waals surface area contributed by atoms with Gasteiger partial charge in [-0.15, -0.1) is 11.3 Å². The molecule has 1 aromatic carbocycles. The molecule has 5 heterocycles. The summed E-state index contributed by atoms with van der Waals surface area (Å²) in [6, 6.07) is 9.03. The maximum absolute atomic E-state index is 13.9. The number of benzene rings is 1. The summed E-state index contributed by atoms with van der Waals surface area (Å²) in [5.74, 6) is 3.33. The summed E-state index contributed by atoms with van der Waals surface area (Å²) in [5.41, 5.74) is 2.53. The number of anilines is 1. The summed E-state index contributed by atoms with van der Waals surface area (Å²) in [5, 5.41) is 22.0. The number of hydrogen-bond acceptors (Lipinski definition) is 9. The van der Waals surface area contributed by atoms with Crippen LogP contribution in [0.1, 0.15) is 40.2 Å². The number of hydrogen-bond donors (Lipinski definition) is 1. The fraction of sp³-hybridized carbons (Fsp3) is 0.294. The second-order valence-corrected chi connectivity index (χ2v) is 13.1. The van der Waals surface area contributed by atoms with Crippen LogP contribution in [0, 0.1) is 30.1 Å². The van der Waals surface area contributed by atoms with Gasteiger partial charge in [-0.05, 0) is 31.2 Å². The fourth-order valence-corrected chi connectivity index (χ4v) is 7.59. The standard InChI is InChI=1S/C34H26ClF2N7O3S/c1-19-41-27-17-40-31(43-11-9-42(10-12-43)22-14-34(36,37)15-22)25(16-38)28(27)32(45)44(19)8-2-3-20-4-5-21(35)13-24(20)23-6-7-39-29-26(33(46)47)18-48-30(23)29/h4-7,13,17-18,22H,8-12,14-15H2,1H3,(H,46,47). The van der Waals surface area contributed by atoms with E-state index in [1.807, 2.05) is 4.90 Å². The monoisotopic (exact) mass is 685 g/mol. The Morgan fingerprint density at radius 3 is 2.65 bits per heavy atom. The molecule has 5 aromatic rings. The van der Waals surface area contributed by atoms with Gasteiger partial charge >= 0.3 is 5.97 Å². The molecule has 1 saturated carbocycles. The van der Waals surface area contributed by atoms with E-state index < -0.39 is 17.5 Å². The lowest BCUT2D eigenvalue weighted by molar-refractivity contribution is -0.124. The van der Waals surface area contributed by atoms with Gasteiger partial charge in [-0.3, -0.25) is 19.2 Å². The smallest absolute Gasteiger partial charge is 0.338 e. The Morgan fingerprint density at radius 1 is 1.17 bits per heavy atom. The van der Waals surface area contributed by atoms with Gasteiger partial charge in [0.25, 0.3) is 11.5 Å². The van der Waals surface area contributed by atoms with Crippen molar-refractivity contribution >= 4 is 55.8 Å². The molecule has 14 heteroatoms. The average Bonchev–Trinajstić information content (AvgIpc) is 3.50. The number of nitriles is 1.